The van der Waals surface area contributed by atoms with Crippen molar-refractivity contribution in [1.82, 2.24) is 0 Å². The minimum Gasteiger partial charge on any atom is -0.294 e. The van der Waals surface area contributed by atoms with Gasteiger partial charge in [-0.1, -0.05) is 54.1 Å². The second kappa shape index (κ2) is 5.61. The summed E-state index contributed by atoms with van der Waals surface area (Å²) >= 11 is 5.92. The fraction of sp³-hybridized carbons (Fsp3) is 0.0667. The van der Waals surface area contributed by atoms with E-state index >= 15 is 0 Å². The van der Waals surface area contributed by atoms with Crippen molar-refractivity contribution in [3.8, 4) is 0 Å². The summed E-state index contributed by atoms with van der Waals surface area (Å²) in [6.07, 6.45) is -0.159. The number of carbonyl (C=O) groups is 2. The summed E-state index contributed by atoms with van der Waals surface area (Å²) in [5.41, 5.74) is 0.932. The second-order valence-corrected chi connectivity index (χ2v) is 4.28. The van der Waals surface area contributed by atoms with Gasteiger partial charge < -0.3 is 0 Å². The van der Waals surface area contributed by atoms with Crippen LogP contribution in [0.1, 0.15) is 27.1 Å². The maximum Gasteiger partial charge on any atom is 0.172 e. The maximum atomic E-state index is 11.9. The van der Waals surface area contributed by atoms with Crippen LogP contribution in [-0.4, -0.2) is 11.6 Å². The molecule has 0 amide bonds. The molecule has 0 unspecified atom stereocenters. The number of benzene rings is 2. The van der Waals surface area contributed by atoms with Gasteiger partial charge in [0.15, 0.2) is 11.6 Å². The van der Waals surface area contributed by atoms with Crippen LogP contribution in [0.25, 0.3) is 0 Å². The van der Waals surface area contributed by atoms with Gasteiger partial charge in [-0.2, -0.15) is 0 Å². The van der Waals surface area contributed by atoms with E-state index in [1.54, 1.807) is 48.5 Å². The van der Waals surface area contributed by atoms with Crippen LogP contribution in [-0.2, 0) is 0 Å². The van der Waals surface area contributed by atoms with Crippen LogP contribution in [0, 0.1) is 0 Å². The third-order valence-corrected chi connectivity index (χ3v) is 2.92. The third kappa shape index (κ3) is 2.84. The molecule has 0 saturated heterocycles. The van der Waals surface area contributed by atoms with E-state index in [2.05, 4.69) is 0 Å². The third-order valence-electron chi connectivity index (χ3n) is 2.59. The predicted molar refractivity (Wildman–Crippen MR) is 71.2 cm³/mol. The Bertz CT molecular complexity index is 576. The Labute approximate surface area is 110 Å². The van der Waals surface area contributed by atoms with E-state index in [1.807, 2.05) is 6.07 Å². The van der Waals surface area contributed by atoms with Crippen molar-refractivity contribution in [2.24, 2.45) is 0 Å². The van der Waals surface area contributed by atoms with E-state index in [4.69, 9.17) is 11.6 Å². The summed E-state index contributed by atoms with van der Waals surface area (Å²) in [7, 11) is 0. The number of ketones is 2. The zero-order chi connectivity index (χ0) is 13.0. The van der Waals surface area contributed by atoms with Crippen LogP contribution < -0.4 is 0 Å². The fourth-order valence-electron chi connectivity index (χ4n) is 1.65. The molecular formula is C15H11ClO2. The minimum atomic E-state index is -0.255. The van der Waals surface area contributed by atoms with Gasteiger partial charge in [0.05, 0.1) is 11.4 Å². The number of hydrogen-bond acceptors (Lipinski definition) is 2. The van der Waals surface area contributed by atoms with Gasteiger partial charge in [-0.05, 0) is 12.1 Å². The second-order valence-electron chi connectivity index (χ2n) is 3.87. The molecule has 0 atom stereocenters. The highest BCUT2D eigenvalue weighted by Crippen LogP contribution is 2.17. The molecule has 0 spiro atoms. The van der Waals surface area contributed by atoms with E-state index in [9.17, 15) is 9.59 Å². The molecule has 0 bridgehead atoms. The lowest BCUT2D eigenvalue weighted by Gasteiger charge is -2.03. The first kappa shape index (κ1) is 12.5. The zero-order valence-electron chi connectivity index (χ0n) is 9.60. The number of rotatable bonds is 4. The Kier molecular flexibility index (Phi) is 3.90. The summed E-state index contributed by atoms with van der Waals surface area (Å²) in [5.74, 6) is -0.449. The minimum absolute atomic E-state index is 0.159. The van der Waals surface area contributed by atoms with Crippen molar-refractivity contribution in [2.75, 3.05) is 0 Å². The van der Waals surface area contributed by atoms with Crippen molar-refractivity contribution in [2.45, 2.75) is 6.42 Å². The average Bonchev–Trinajstić information content (AvgIpc) is 2.40. The first-order valence-electron chi connectivity index (χ1n) is 5.54. The Morgan fingerprint density at radius 1 is 0.833 bits per heavy atom. The average molecular weight is 259 g/mol. The summed E-state index contributed by atoms with van der Waals surface area (Å²) < 4.78 is 0. The van der Waals surface area contributed by atoms with Crippen molar-refractivity contribution < 1.29 is 9.59 Å². The van der Waals surface area contributed by atoms with E-state index in [0.29, 0.717) is 16.1 Å². The Hall–Kier alpha value is -1.93. The molecule has 0 N–H and O–H groups in total. The number of Topliss-reactive ketones (excluding diaryl/α,β-unsaturated/α-hetero) is 2. The van der Waals surface area contributed by atoms with E-state index in [1.165, 1.54) is 0 Å². The van der Waals surface area contributed by atoms with Gasteiger partial charge in [0, 0.05) is 11.1 Å². The molecule has 2 rings (SSSR count). The van der Waals surface area contributed by atoms with Crippen LogP contribution in [0.5, 0.6) is 0 Å². The van der Waals surface area contributed by atoms with E-state index in [0.717, 1.165) is 0 Å². The molecular weight excluding hydrogens is 248 g/mol. The Morgan fingerprint density at radius 2 is 1.44 bits per heavy atom. The van der Waals surface area contributed by atoms with Gasteiger partial charge in [-0.3, -0.25) is 9.59 Å². The molecule has 2 aromatic carbocycles. The lowest BCUT2D eigenvalue weighted by atomic mass is 10.0. The van der Waals surface area contributed by atoms with Crippen LogP contribution in [0.15, 0.2) is 54.6 Å². The molecule has 0 saturated carbocycles. The normalized spacial score (nSPS) is 10.1. The zero-order valence-corrected chi connectivity index (χ0v) is 10.4. The summed E-state index contributed by atoms with van der Waals surface area (Å²) in [6, 6.07) is 15.5. The first-order chi connectivity index (χ1) is 8.68. The predicted octanol–water partition coefficient (Wildman–Crippen LogP) is 3.80. The molecule has 2 nitrogen and oxygen atoms in total. The molecule has 0 radical (unpaired) electrons. The van der Waals surface area contributed by atoms with Crippen molar-refractivity contribution in [3.05, 3.63) is 70.7 Å². The van der Waals surface area contributed by atoms with Crippen LogP contribution in [0.4, 0.5) is 0 Å². The van der Waals surface area contributed by atoms with Gasteiger partial charge in [-0.25, -0.2) is 0 Å². The number of carbonyl (C=O) groups excluding carboxylic acids is 2. The van der Waals surface area contributed by atoms with Gasteiger partial charge in [0.2, 0.25) is 0 Å². The summed E-state index contributed by atoms with van der Waals surface area (Å²) in [4.78, 5) is 23.8. The standard InChI is InChI=1S/C15H11ClO2/c16-13-9-5-4-8-12(13)15(18)10-14(17)11-6-2-1-3-7-11/h1-9H,10H2. The Balaban J connectivity index is 2.14. The van der Waals surface area contributed by atoms with E-state index < -0.39 is 0 Å². The summed E-state index contributed by atoms with van der Waals surface area (Å²) in [6.45, 7) is 0. The maximum absolute atomic E-state index is 11.9. The smallest absolute Gasteiger partial charge is 0.172 e. The van der Waals surface area contributed by atoms with Crippen LogP contribution >= 0.6 is 11.6 Å². The summed E-state index contributed by atoms with van der Waals surface area (Å²) in [5, 5.41) is 0.378. The van der Waals surface area contributed by atoms with Gasteiger partial charge in [-0.15, -0.1) is 0 Å². The van der Waals surface area contributed by atoms with E-state index in [-0.39, 0.29) is 18.0 Å². The van der Waals surface area contributed by atoms with Crippen LogP contribution in [0.2, 0.25) is 5.02 Å². The topological polar surface area (TPSA) is 34.1 Å². The highest BCUT2D eigenvalue weighted by molar-refractivity contribution is 6.34. The van der Waals surface area contributed by atoms with Gasteiger partial charge >= 0.3 is 0 Å². The highest BCUT2D eigenvalue weighted by atomic mass is 35.5. The first-order valence-corrected chi connectivity index (χ1v) is 5.92. The molecule has 0 heterocycles. The molecule has 3 heteroatoms. The van der Waals surface area contributed by atoms with Crippen molar-refractivity contribution in [1.29, 1.82) is 0 Å². The fourth-order valence-corrected chi connectivity index (χ4v) is 1.90. The molecule has 0 fully saturated rings. The molecule has 0 aliphatic heterocycles. The lowest BCUT2D eigenvalue weighted by molar-refractivity contribution is 0.0894. The quantitative estimate of drug-likeness (QED) is 0.618. The number of halogens is 1. The van der Waals surface area contributed by atoms with Gasteiger partial charge in [0.1, 0.15) is 0 Å². The molecule has 2 aromatic rings. The van der Waals surface area contributed by atoms with Gasteiger partial charge in [0.25, 0.3) is 0 Å². The van der Waals surface area contributed by atoms with Crippen molar-refractivity contribution >= 4 is 23.2 Å². The SMILES string of the molecule is O=C(CC(=O)c1ccccc1Cl)c1ccccc1. The van der Waals surface area contributed by atoms with Crippen LogP contribution in [0.3, 0.4) is 0 Å². The molecule has 0 aromatic heterocycles. The Morgan fingerprint density at radius 3 is 2.11 bits per heavy atom. The highest BCUT2D eigenvalue weighted by Gasteiger charge is 2.15. The largest absolute Gasteiger partial charge is 0.294 e. The molecule has 0 aliphatic carbocycles. The molecule has 18 heavy (non-hydrogen) atoms. The number of hydrogen-bond donors (Lipinski definition) is 0. The lowest BCUT2D eigenvalue weighted by Crippen LogP contribution is -2.08. The molecule has 90 valence electrons. The monoisotopic (exact) mass is 258 g/mol. The van der Waals surface area contributed by atoms with Crippen molar-refractivity contribution in [3.63, 3.8) is 0 Å². The molecule has 0 aliphatic rings.